The van der Waals surface area contributed by atoms with E-state index < -0.39 is 0 Å². The molecule has 3 aromatic rings. The van der Waals surface area contributed by atoms with E-state index in [-0.39, 0.29) is 12.1 Å². The van der Waals surface area contributed by atoms with Crippen molar-refractivity contribution >= 4 is 0 Å². The summed E-state index contributed by atoms with van der Waals surface area (Å²) in [6, 6.07) is 20.8. The molecule has 1 aromatic heterocycles. The van der Waals surface area contributed by atoms with Gasteiger partial charge < -0.3 is 4.42 Å². The maximum absolute atomic E-state index is 5.53. The summed E-state index contributed by atoms with van der Waals surface area (Å²) in [7, 11) is 0. The molecule has 4 heteroatoms. The Hall–Kier alpha value is -2.46. The minimum absolute atomic E-state index is 0.0355. The predicted octanol–water partition coefficient (Wildman–Crippen LogP) is 3.82. The molecule has 22 heavy (non-hydrogen) atoms. The summed E-state index contributed by atoms with van der Waals surface area (Å²) in [5.41, 5.74) is 2.41. The number of nitrogens with zero attached hydrogens (tertiary/aromatic N) is 2. The van der Waals surface area contributed by atoms with Crippen molar-refractivity contribution in [1.82, 2.24) is 15.5 Å². The van der Waals surface area contributed by atoms with Gasteiger partial charge in [0, 0.05) is 6.92 Å². The molecule has 1 N–H and O–H groups in total. The van der Waals surface area contributed by atoms with E-state index in [0.717, 1.165) is 0 Å². The number of hydrogen-bond donors (Lipinski definition) is 1. The summed E-state index contributed by atoms with van der Waals surface area (Å²) in [6.45, 7) is 3.83. The second-order valence-electron chi connectivity index (χ2n) is 5.30. The highest BCUT2D eigenvalue weighted by atomic mass is 16.4. The molecule has 0 saturated carbocycles. The van der Waals surface area contributed by atoms with E-state index in [1.54, 1.807) is 6.92 Å². The predicted molar refractivity (Wildman–Crippen MR) is 85.3 cm³/mol. The highest BCUT2D eigenvalue weighted by Gasteiger charge is 2.20. The van der Waals surface area contributed by atoms with Gasteiger partial charge in [0.15, 0.2) is 0 Å². The van der Waals surface area contributed by atoms with Gasteiger partial charge in [-0.05, 0) is 18.1 Å². The molecule has 0 saturated heterocycles. The molecule has 0 aliphatic carbocycles. The summed E-state index contributed by atoms with van der Waals surface area (Å²) in [5, 5.41) is 11.6. The smallest absolute Gasteiger partial charge is 0.233 e. The minimum atomic E-state index is -0.0355. The van der Waals surface area contributed by atoms with Gasteiger partial charge in [0.25, 0.3) is 0 Å². The molecule has 0 spiro atoms. The molecule has 112 valence electrons. The van der Waals surface area contributed by atoms with E-state index in [4.69, 9.17) is 4.42 Å². The minimum Gasteiger partial charge on any atom is -0.424 e. The second-order valence-corrected chi connectivity index (χ2v) is 5.30. The average molecular weight is 293 g/mol. The number of aromatic nitrogens is 2. The van der Waals surface area contributed by atoms with Crippen LogP contribution in [0.4, 0.5) is 0 Å². The van der Waals surface area contributed by atoms with Gasteiger partial charge in [-0.2, -0.15) is 0 Å². The van der Waals surface area contributed by atoms with Crippen molar-refractivity contribution in [1.29, 1.82) is 0 Å². The van der Waals surface area contributed by atoms with Crippen LogP contribution >= 0.6 is 0 Å². The zero-order valence-corrected chi connectivity index (χ0v) is 12.7. The van der Waals surface area contributed by atoms with E-state index in [2.05, 4.69) is 64.0 Å². The van der Waals surface area contributed by atoms with Crippen LogP contribution in [0.3, 0.4) is 0 Å². The number of rotatable bonds is 5. The lowest BCUT2D eigenvalue weighted by atomic mass is 9.98. The molecule has 1 heterocycles. The molecule has 3 rings (SSSR count). The third-order valence-corrected chi connectivity index (χ3v) is 3.59. The molecule has 0 fully saturated rings. The van der Waals surface area contributed by atoms with Crippen molar-refractivity contribution in [3.8, 4) is 0 Å². The van der Waals surface area contributed by atoms with Crippen molar-refractivity contribution in [2.24, 2.45) is 0 Å². The molecule has 0 bridgehead atoms. The Bertz CT molecular complexity index is 670. The van der Waals surface area contributed by atoms with Crippen molar-refractivity contribution in [2.75, 3.05) is 0 Å². The third-order valence-electron chi connectivity index (χ3n) is 3.59. The van der Waals surface area contributed by atoms with E-state index in [1.165, 1.54) is 11.1 Å². The highest BCUT2D eigenvalue weighted by Crippen LogP contribution is 2.25. The standard InChI is InChI=1S/C18H19N3O/c1-13(18-21-20-14(2)22-18)19-17(15-9-5-3-6-10-15)16-11-7-4-8-12-16/h3-13,17,19H,1-2H3/t13-/m1/s1. The van der Waals surface area contributed by atoms with Gasteiger partial charge >= 0.3 is 0 Å². The Morgan fingerprint density at radius 1 is 0.864 bits per heavy atom. The van der Waals surface area contributed by atoms with Crippen molar-refractivity contribution in [2.45, 2.75) is 25.9 Å². The summed E-state index contributed by atoms with van der Waals surface area (Å²) in [4.78, 5) is 0. The molecule has 0 unspecified atom stereocenters. The maximum Gasteiger partial charge on any atom is 0.233 e. The first-order chi connectivity index (χ1) is 10.7. The Morgan fingerprint density at radius 2 is 1.41 bits per heavy atom. The average Bonchev–Trinajstić information content (AvgIpc) is 3.01. The topological polar surface area (TPSA) is 51.0 Å². The van der Waals surface area contributed by atoms with E-state index in [0.29, 0.717) is 11.8 Å². The van der Waals surface area contributed by atoms with Gasteiger partial charge in [-0.3, -0.25) is 5.32 Å². The van der Waals surface area contributed by atoms with E-state index >= 15 is 0 Å². The molecule has 0 aliphatic heterocycles. The van der Waals surface area contributed by atoms with Gasteiger partial charge in [-0.1, -0.05) is 60.7 Å². The number of benzene rings is 2. The third kappa shape index (κ3) is 3.23. The Labute approximate surface area is 130 Å². The van der Waals surface area contributed by atoms with E-state index in [1.807, 2.05) is 19.1 Å². The largest absolute Gasteiger partial charge is 0.424 e. The van der Waals surface area contributed by atoms with Gasteiger partial charge in [0.2, 0.25) is 11.8 Å². The Kier molecular flexibility index (Phi) is 4.30. The number of hydrogen-bond acceptors (Lipinski definition) is 4. The molecule has 1 atom stereocenters. The van der Waals surface area contributed by atoms with Gasteiger partial charge in [-0.25, -0.2) is 0 Å². The molecular weight excluding hydrogens is 274 g/mol. The van der Waals surface area contributed by atoms with Crippen molar-refractivity contribution < 1.29 is 4.42 Å². The van der Waals surface area contributed by atoms with E-state index in [9.17, 15) is 0 Å². The lowest BCUT2D eigenvalue weighted by Crippen LogP contribution is -2.25. The highest BCUT2D eigenvalue weighted by molar-refractivity contribution is 5.31. The molecule has 2 aromatic carbocycles. The monoisotopic (exact) mass is 293 g/mol. The van der Waals surface area contributed by atoms with Crippen LogP contribution < -0.4 is 5.32 Å². The first-order valence-electron chi connectivity index (χ1n) is 7.40. The number of aryl methyl sites for hydroxylation is 1. The fourth-order valence-corrected chi connectivity index (χ4v) is 2.48. The first kappa shape index (κ1) is 14.5. The van der Waals surface area contributed by atoms with Gasteiger partial charge in [0.1, 0.15) is 0 Å². The maximum atomic E-state index is 5.53. The van der Waals surface area contributed by atoms with Crippen LogP contribution in [0.2, 0.25) is 0 Å². The molecule has 0 amide bonds. The van der Waals surface area contributed by atoms with Gasteiger partial charge in [0.05, 0.1) is 12.1 Å². The van der Waals surface area contributed by atoms with Crippen LogP contribution in [0, 0.1) is 6.92 Å². The summed E-state index contributed by atoms with van der Waals surface area (Å²) in [6.07, 6.45) is 0. The quantitative estimate of drug-likeness (QED) is 0.777. The summed E-state index contributed by atoms with van der Waals surface area (Å²) in [5.74, 6) is 1.19. The first-order valence-corrected chi connectivity index (χ1v) is 7.40. The Morgan fingerprint density at radius 3 is 1.86 bits per heavy atom. The van der Waals surface area contributed by atoms with Gasteiger partial charge in [-0.15, -0.1) is 10.2 Å². The summed E-state index contributed by atoms with van der Waals surface area (Å²) < 4.78 is 5.53. The molecule has 0 radical (unpaired) electrons. The normalized spacial score (nSPS) is 12.5. The van der Waals surface area contributed by atoms with Crippen molar-refractivity contribution in [3.63, 3.8) is 0 Å². The van der Waals surface area contributed by atoms with Crippen molar-refractivity contribution in [3.05, 3.63) is 83.6 Å². The van der Waals surface area contributed by atoms with Crippen LogP contribution in [-0.4, -0.2) is 10.2 Å². The summed E-state index contributed by atoms with van der Waals surface area (Å²) >= 11 is 0. The lowest BCUT2D eigenvalue weighted by molar-refractivity contribution is 0.387. The lowest BCUT2D eigenvalue weighted by Gasteiger charge is -2.22. The van der Waals surface area contributed by atoms with Crippen LogP contribution in [0.15, 0.2) is 65.1 Å². The van der Waals surface area contributed by atoms with Crippen LogP contribution in [-0.2, 0) is 0 Å². The van der Waals surface area contributed by atoms with Crippen LogP contribution in [0.25, 0.3) is 0 Å². The van der Waals surface area contributed by atoms with Crippen LogP contribution in [0.1, 0.15) is 41.9 Å². The Balaban J connectivity index is 1.89. The fourth-order valence-electron chi connectivity index (χ4n) is 2.48. The molecular formula is C18H19N3O. The zero-order valence-electron chi connectivity index (χ0n) is 12.7. The molecule has 4 nitrogen and oxygen atoms in total. The number of nitrogens with one attached hydrogen (secondary N) is 1. The zero-order chi connectivity index (χ0) is 15.4. The van der Waals surface area contributed by atoms with Crippen LogP contribution in [0.5, 0.6) is 0 Å². The second kappa shape index (κ2) is 6.54. The molecule has 0 aliphatic rings. The fraction of sp³-hybridized carbons (Fsp3) is 0.222. The SMILES string of the molecule is Cc1nnc([C@@H](C)NC(c2ccccc2)c2ccccc2)o1.